The van der Waals surface area contributed by atoms with Crippen molar-refractivity contribution >= 4 is 11.9 Å². The molecule has 1 heterocycles. The largest absolute Gasteiger partial charge is 0.458 e. The first kappa shape index (κ1) is 17.4. The van der Waals surface area contributed by atoms with Gasteiger partial charge in [0, 0.05) is 0 Å². The van der Waals surface area contributed by atoms with E-state index < -0.39 is 17.1 Å². The molecule has 0 aromatic heterocycles. The standard InChI is InChI=1S/C18H18N4O4/c23-17(26-15-11-19-18(20-12-15)21-22(24)25)16(13-7-3-1-4-8-13)14-9-5-2-6-10-14/h1-10,15-16H,11-12H2,(H2,19,20,21). The molecule has 1 fully saturated rings. The Kier molecular flexibility index (Phi) is 5.43. The van der Waals surface area contributed by atoms with Crippen molar-refractivity contribution < 1.29 is 14.6 Å². The van der Waals surface area contributed by atoms with E-state index in [0.29, 0.717) is 0 Å². The third-order valence-corrected chi connectivity index (χ3v) is 3.96. The molecule has 2 aromatic carbocycles. The van der Waals surface area contributed by atoms with E-state index in [1.54, 1.807) is 0 Å². The van der Waals surface area contributed by atoms with Crippen LogP contribution >= 0.6 is 0 Å². The summed E-state index contributed by atoms with van der Waals surface area (Å²) in [5, 5.41) is 18.2. The fourth-order valence-corrected chi connectivity index (χ4v) is 2.78. The molecule has 1 saturated heterocycles. The molecule has 1 aliphatic heterocycles. The van der Waals surface area contributed by atoms with Gasteiger partial charge in [0.05, 0.1) is 13.1 Å². The Bertz CT molecular complexity index is 746. The van der Waals surface area contributed by atoms with Crippen molar-refractivity contribution in [2.75, 3.05) is 13.1 Å². The summed E-state index contributed by atoms with van der Waals surface area (Å²) in [5.74, 6) is -0.845. The fraction of sp³-hybridized carbons (Fsp3) is 0.222. The van der Waals surface area contributed by atoms with E-state index in [1.165, 1.54) is 0 Å². The zero-order valence-corrected chi connectivity index (χ0v) is 13.9. The van der Waals surface area contributed by atoms with Crippen molar-refractivity contribution in [1.29, 1.82) is 0 Å². The zero-order chi connectivity index (χ0) is 18.4. The minimum atomic E-state index is -0.789. The molecular formula is C18H18N4O4. The third kappa shape index (κ3) is 4.35. The van der Waals surface area contributed by atoms with Gasteiger partial charge in [-0.1, -0.05) is 60.7 Å². The molecule has 1 aliphatic rings. The Morgan fingerprint density at radius 2 is 1.54 bits per heavy atom. The smallest absolute Gasteiger partial charge is 0.318 e. The van der Waals surface area contributed by atoms with Crippen LogP contribution in [-0.4, -0.2) is 36.2 Å². The van der Waals surface area contributed by atoms with Crippen molar-refractivity contribution in [3.8, 4) is 0 Å². The van der Waals surface area contributed by atoms with Gasteiger partial charge < -0.3 is 15.4 Å². The lowest BCUT2D eigenvalue weighted by Gasteiger charge is -2.27. The van der Waals surface area contributed by atoms with Crippen LogP contribution in [0.3, 0.4) is 0 Å². The molecule has 8 heteroatoms. The molecule has 8 nitrogen and oxygen atoms in total. The topological polar surface area (TPSA) is 106 Å². The molecular weight excluding hydrogens is 336 g/mol. The maximum Gasteiger partial charge on any atom is 0.318 e. The summed E-state index contributed by atoms with van der Waals surface area (Å²) in [7, 11) is 0. The van der Waals surface area contributed by atoms with Gasteiger partial charge in [-0.25, -0.2) is 10.1 Å². The van der Waals surface area contributed by atoms with E-state index in [1.807, 2.05) is 60.7 Å². The number of nitro groups is 1. The summed E-state index contributed by atoms with van der Waals surface area (Å²) in [6.07, 6.45) is -0.455. The molecule has 134 valence electrons. The van der Waals surface area contributed by atoms with Crippen LogP contribution in [0.15, 0.2) is 65.8 Å². The van der Waals surface area contributed by atoms with Crippen LogP contribution in [0.4, 0.5) is 0 Å². The number of ether oxygens (including phenoxy) is 1. The average molecular weight is 354 g/mol. The molecule has 0 saturated carbocycles. The first-order valence-corrected chi connectivity index (χ1v) is 8.14. The molecule has 0 unspecified atom stereocenters. The van der Waals surface area contributed by atoms with E-state index in [0.717, 1.165) is 11.1 Å². The molecule has 3 rings (SSSR count). The number of nitrogens with zero attached hydrogens (tertiary/aromatic N) is 2. The van der Waals surface area contributed by atoms with Gasteiger partial charge >= 0.3 is 5.97 Å². The number of benzene rings is 2. The van der Waals surface area contributed by atoms with E-state index in [-0.39, 0.29) is 25.0 Å². The Morgan fingerprint density at radius 3 is 2.00 bits per heavy atom. The van der Waals surface area contributed by atoms with Crippen LogP contribution < -0.4 is 10.6 Å². The second-order valence-corrected chi connectivity index (χ2v) is 5.76. The number of guanidine groups is 1. The second kappa shape index (κ2) is 8.11. The first-order chi connectivity index (χ1) is 12.6. The number of hydrazone groups is 1. The van der Waals surface area contributed by atoms with Gasteiger partial charge in [-0.05, 0) is 11.1 Å². The predicted molar refractivity (Wildman–Crippen MR) is 95.0 cm³/mol. The van der Waals surface area contributed by atoms with Crippen LogP contribution in [-0.2, 0) is 9.53 Å². The summed E-state index contributed by atoms with van der Waals surface area (Å²) in [6, 6.07) is 18.8. The Morgan fingerprint density at radius 1 is 1.04 bits per heavy atom. The molecule has 0 radical (unpaired) electrons. The highest BCUT2D eigenvalue weighted by Gasteiger charge is 2.28. The van der Waals surface area contributed by atoms with Gasteiger partial charge in [-0.15, -0.1) is 0 Å². The van der Waals surface area contributed by atoms with Crippen molar-refractivity contribution in [3.63, 3.8) is 0 Å². The summed E-state index contributed by atoms with van der Waals surface area (Å²) < 4.78 is 5.63. The summed E-state index contributed by atoms with van der Waals surface area (Å²) in [5.41, 5.74) is 1.69. The van der Waals surface area contributed by atoms with Crippen molar-refractivity contribution in [2.24, 2.45) is 5.10 Å². The minimum Gasteiger partial charge on any atom is -0.458 e. The van der Waals surface area contributed by atoms with Gasteiger partial charge in [0.1, 0.15) is 17.1 Å². The van der Waals surface area contributed by atoms with Gasteiger partial charge in [-0.2, -0.15) is 0 Å². The highest BCUT2D eigenvalue weighted by atomic mass is 16.7. The van der Waals surface area contributed by atoms with E-state index in [9.17, 15) is 14.9 Å². The number of rotatable bonds is 5. The summed E-state index contributed by atoms with van der Waals surface area (Å²) in [4.78, 5) is 23.2. The number of carbonyl (C=O) groups excluding carboxylic acids is 1. The van der Waals surface area contributed by atoms with Crippen LogP contribution in [0.1, 0.15) is 17.0 Å². The second-order valence-electron chi connectivity index (χ2n) is 5.76. The van der Waals surface area contributed by atoms with Gasteiger partial charge in [0.25, 0.3) is 5.96 Å². The predicted octanol–water partition coefficient (Wildman–Crippen LogP) is 1.47. The van der Waals surface area contributed by atoms with E-state index in [2.05, 4.69) is 15.7 Å². The molecule has 0 atom stereocenters. The number of hydrogen-bond donors (Lipinski definition) is 2. The molecule has 2 N–H and O–H groups in total. The third-order valence-electron chi connectivity index (χ3n) is 3.96. The lowest BCUT2D eigenvalue weighted by molar-refractivity contribution is -0.485. The maximum atomic E-state index is 12.9. The van der Waals surface area contributed by atoms with Gasteiger partial charge in [0.2, 0.25) is 0 Å². The first-order valence-electron chi connectivity index (χ1n) is 8.14. The number of hydrogen-bond acceptors (Lipinski definition) is 4. The highest BCUT2D eigenvalue weighted by Crippen LogP contribution is 2.26. The van der Waals surface area contributed by atoms with Crippen LogP contribution in [0, 0.1) is 10.1 Å². The summed E-state index contributed by atoms with van der Waals surface area (Å²) >= 11 is 0. The lowest BCUT2D eigenvalue weighted by Crippen LogP contribution is -2.53. The SMILES string of the molecule is O=C(OC1CNC(=N[N+](=O)[O-])NC1)C(c1ccccc1)c1ccccc1. The average Bonchev–Trinajstić information content (AvgIpc) is 2.65. The quantitative estimate of drug-likeness (QED) is 0.478. The van der Waals surface area contributed by atoms with E-state index in [4.69, 9.17) is 4.74 Å². The minimum absolute atomic E-state index is 0.0602. The molecule has 26 heavy (non-hydrogen) atoms. The Balaban J connectivity index is 1.72. The van der Waals surface area contributed by atoms with Crippen LogP contribution in [0.25, 0.3) is 0 Å². The summed E-state index contributed by atoms with van der Waals surface area (Å²) in [6.45, 7) is 0.503. The van der Waals surface area contributed by atoms with Crippen molar-refractivity contribution in [3.05, 3.63) is 81.9 Å². The highest BCUT2D eigenvalue weighted by molar-refractivity contribution is 5.83. The van der Waals surface area contributed by atoms with Crippen LogP contribution in [0.5, 0.6) is 0 Å². The number of carbonyl (C=O) groups is 1. The Labute approximate surface area is 150 Å². The number of esters is 1. The molecule has 0 amide bonds. The molecule has 2 aromatic rings. The molecule has 0 bridgehead atoms. The zero-order valence-electron chi connectivity index (χ0n) is 13.9. The van der Waals surface area contributed by atoms with E-state index >= 15 is 0 Å². The molecule has 0 aliphatic carbocycles. The van der Waals surface area contributed by atoms with Crippen molar-refractivity contribution in [1.82, 2.24) is 10.6 Å². The monoisotopic (exact) mass is 354 g/mol. The maximum absolute atomic E-state index is 12.9. The van der Waals surface area contributed by atoms with Crippen LogP contribution in [0.2, 0.25) is 0 Å². The fourth-order valence-electron chi connectivity index (χ4n) is 2.78. The molecule has 0 spiro atoms. The van der Waals surface area contributed by atoms with Gasteiger partial charge in [0.15, 0.2) is 5.03 Å². The Hall–Kier alpha value is -3.42. The number of nitrogens with one attached hydrogen (secondary N) is 2. The normalized spacial score (nSPS) is 16.3. The van der Waals surface area contributed by atoms with Gasteiger partial charge in [-0.3, -0.25) is 4.79 Å². The lowest BCUT2D eigenvalue weighted by atomic mass is 9.91. The van der Waals surface area contributed by atoms with Crippen molar-refractivity contribution in [2.45, 2.75) is 12.0 Å².